The molecule has 0 bridgehead atoms. The van der Waals surface area contributed by atoms with E-state index < -0.39 is 11.8 Å². The first-order chi connectivity index (χ1) is 11.3. The van der Waals surface area contributed by atoms with Crippen molar-refractivity contribution < 1.29 is 14.6 Å². The fraction of sp³-hybridized carbons (Fsp3) is 0.632. The molecule has 0 aromatic heterocycles. The number of carbonyl (C=O) groups excluding carboxylic acids is 1. The maximum Gasteiger partial charge on any atom is 0.411 e. The highest BCUT2D eigenvalue weighted by molar-refractivity contribution is 5.71. The third kappa shape index (κ3) is 3.28. The number of aliphatic hydroxyl groups excluding tert-OH is 1. The van der Waals surface area contributed by atoms with E-state index >= 15 is 0 Å². The molecule has 2 heterocycles. The number of piperidine rings is 1. The van der Waals surface area contributed by atoms with Gasteiger partial charge in [-0.25, -0.2) is 4.79 Å². The minimum absolute atomic E-state index is 0.0203. The first-order valence-electron chi connectivity index (χ1n) is 8.79. The van der Waals surface area contributed by atoms with Crippen molar-refractivity contribution in [2.45, 2.75) is 64.4 Å². The first-order valence-corrected chi connectivity index (χ1v) is 8.79. The van der Waals surface area contributed by atoms with Crippen LogP contribution in [0.15, 0.2) is 24.3 Å². The van der Waals surface area contributed by atoms with Crippen LogP contribution in [-0.4, -0.2) is 34.5 Å². The van der Waals surface area contributed by atoms with Crippen molar-refractivity contribution >= 4 is 6.09 Å². The molecular formula is C19H28N2O3. The lowest BCUT2D eigenvalue weighted by Gasteiger charge is -2.38. The molecule has 4 atom stereocenters. The van der Waals surface area contributed by atoms with Gasteiger partial charge in [-0.05, 0) is 64.1 Å². The zero-order valence-electron chi connectivity index (χ0n) is 15.0. The van der Waals surface area contributed by atoms with Crippen LogP contribution in [0.1, 0.15) is 63.7 Å². The summed E-state index contributed by atoms with van der Waals surface area (Å²) in [5.41, 5.74) is 1.85. The predicted molar refractivity (Wildman–Crippen MR) is 92.4 cm³/mol. The summed E-state index contributed by atoms with van der Waals surface area (Å²) in [6.07, 6.45) is 0.795. The summed E-state index contributed by atoms with van der Waals surface area (Å²) in [6.45, 7) is 8.49. The summed E-state index contributed by atoms with van der Waals surface area (Å²) in [5.74, 6) is 0.222. The Labute approximate surface area is 144 Å². The molecule has 0 radical (unpaired) electrons. The maximum absolute atomic E-state index is 12.9. The summed E-state index contributed by atoms with van der Waals surface area (Å²) in [7, 11) is 0. The lowest BCUT2D eigenvalue weighted by atomic mass is 9.85. The van der Waals surface area contributed by atoms with E-state index in [9.17, 15) is 9.90 Å². The minimum atomic E-state index is -0.524. The highest BCUT2D eigenvalue weighted by Gasteiger charge is 2.45. The number of hydrogen-bond acceptors (Lipinski definition) is 4. The molecule has 1 aromatic carbocycles. The number of rotatable bonds is 1. The molecule has 0 saturated carbocycles. The van der Waals surface area contributed by atoms with Crippen molar-refractivity contribution in [2.24, 2.45) is 5.92 Å². The maximum atomic E-state index is 12.9. The fourth-order valence-electron chi connectivity index (χ4n) is 3.98. The molecular weight excluding hydrogens is 304 g/mol. The van der Waals surface area contributed by atoms with Gasteiger partial charge in [0.15, 0.2) is 0 Å². The number of hydrogen-bond donors (Lipinski definition) is 2. The lowest BCUT2D eigenvalue weighted by Crippen LogP contribution is -2.44. The Bertz CT molecular complexity index is 611. The number of aliphatic hydroxyl groups is 1. The Morgan fingerprint density at radius 2 is 1.96 bits per heavy atom. The molecule has 1 aromatic rings. The van der Waals surface area contributed by atoms with Crippen molar-refractivity contribution in [3.8, 4) is 0 Å². The summed E-state index contributed by atoms with van der Waals surface area (Å²) in [5, 5.41) is 13.1. The van der Waals surface area contributed by atoms with E-state index in [4.69, 9.17) is 4.74 Å². The molecule has 5 nitrogen and oxygen atoms in total. The normalized spacial score (nSPS) is 30.1. The van der Waals surface area contributed by atoms with Crippen LogP contribution in [0.3, 0.4) is 0 Å². The van der Waals surface area contributed by atoms with E-state index in [0.717, 1.165) is 13.0 Å². The molecule has 3 unspecified atom stereocenters. The number of ether oxygens (including phenoxy) is 1. The standard InChI is InChI=1S/C19H28N2O3/c1-12-14-7-5-6-8-15(14)17(13-9-10-20-16(22)11-13)21(12)18(23)24-19(2,3)4/h5-8,12-13,16-17,20,22H,9-11H2,1-4H3/t12-,13?,16?,17?/m1/s1. The van der Waals surface area contributed by atoms with E-state index in [1.54, 1.807) is 0 Å². The minimum Gasteiger partial charge on any atom is -0.444 e. The van der Waals surface area contributed by atoms with Crippen LogP contribution in [-0.2, 0) is 4.74 Å². The second-order valence-corrected chi connectivity index (χ2v) is 7.89. The second kappa shape index (κ2) is 6.37. The zero-order valence-corrected chi connectivity index (χ0v) is 15.0. The molecule has 5 heteroatoms. The van der Waals surface area contributed by atoms with Gasteiger partial charge in [-0.3, -0.25) is 10.2 Å². The van der Waals surface area contributed by atoms with Gasteiger partial charge >= 0.3 is 6.09 Å². The van der Waals surface area contributed by atoms with Crippen LogP contribution < -0.4 is 5.32 Å². The van der Waals surface area contributed by atoms with E-state index in [0.29, 0.717) is 6.42 Å². The lowest BCUT2D eigenvalue weighted by molar-refractivity contribution is -0.00819. The van der Waals surface area contributed by atoms with Crippen LogP contribution >= 0.6 is 0 Å². The second-order valence-electron chi connectivity index (χ2n) is 7.89. The van der Waals surface area contributed by atoms with Gasteiger partial charge in [0.05, 0.1) is 12.1 Å². The van der Waals surface area contributed by atoms with E-state index in [-0.39, 0.29) is 24.1 Å². The van der Waals surface area contributed by atoms with Crippen molar-refractivity contribution in [3.05, 3.63) is 35.4 Å². The van der Waals surface area contributed by atoms with E-state index in [2.05, 4.69) is 24.4 Å². The van der Waals surface area contributed by atoms with E-state index in [1.807, 2.05) is 37.8 Å². The van der Waals surface area contributed by atoms with Crippen LogP contribution in [0.2, 0.25) is 0 Å². The van der Waals surface area contributed by atoms with Gasteiger partial charge in [-0.15, -0.1) is 0 Å². The number of nitrogens with zero attached hydrogens (tertiary/aromatic N) is 1. The number of carbonyl (C=O) groups is 1. The molecule has 1 amide bonds. The van der Waals surface area contributed by atoms with Crippen LogP contribution in [0, 0.1) is 5.92 Å². The number of fused-ring (bicyclic) bond motifs is 1. The van der Waals surface area contributed by atoms with Crippen LogP contribution in [0.25, 0.3) is 0 Å². The molecule has 132 valence electrons. The number of benzene rings is 1. The monoisotopic (exact) mass is 332 g/mol. The van der Waals surface area contributed by atoms with Gasteiger partial charge in [-0.1, -0.05) is 24.3 Å². The Morgan fingerprint density at radius 3 is 2.58 bits per heavy atom. The molecule has 3 rings (SSSR count). The molecule has 0 spiro atoms. The van der Waals surface area contributed by atoms with Crippen LogP contribution in [0.4, 0.5) is 4.79 Å². The molecule has 2 aliphatic rings. The van der Waals surface area contributed by atoms with Crippen LogP contribution in [0.5, 0.6) is 0 Å². The first kappa shape index (κ1) is 17.2. The molecule has 2 aliphatic heterocycles. The predicted octanol–water partition coefficient (Wildman–Crippen LogP) is 3.36. The van der Waals surface area contributed by atoms with Gasteiger partial charge in [0, 0.05) is 0 Å². The molecule has 0 aliphatic carbocycles. The zero-order chi connectivity index (χ0) is 17.5. The molecule has 24 heavy (non-hydrogen) atoms. The average Bonchev–Trinajstić information content (AvgIpc) is 2.79. The third-order valence-corrected chi connectivity index (χ3v) is 4.95. The third-order valence-electron chi connectivity index (χ3n) is 4.95. The summed E-state index contributed by atoms with van der Waals surface area (Å²) < 4.78 is 5.68. The van der Waals surface area contributed by atoms with Gasteiger partial charge in [-0.2, -0.15) is 0 Å². The Morgan fingerprint density at radius 1 is 1.29 bits per heavy atom. The summed E-state index contributed by atoms with van der Waals surface area (Å²) in [4.78, 5) is 14.8. The van der Waals surface area contributed by atoms with E-state index in [1.165, 1.54) is 11.1 Å². The quantitative estimate of drug-likeness (QED) is 0.828. The van der Waals surface area contributed by atoms with Gasteiger partial charge < -0.3 is 9.84 Å². The van der Waals surface area contributed by atoms with Gasteiger partial charge in [0.25, 0.3) is 0 Å². The van der Waals surface area contributed by atoms with Gasteiger partial charge in [0.2, 0.25) is 0 Å². The fourth-order valence-corrected chi connectivity index (χ4v) is 3.98. The average molecular weight is 332 g/mol. The number of amides is 1. The molecule has 1 fully saturated rings. The highest BCUT2D eigenvalue weighted by atomic mass is 16.6. The van der Waals surface area contributed by atoms with Gasteiger partial charge in [0.1, 0.15) is 11.8 Å². The Hall–Kier alpha value is -1.59. The topological polar surface area (TPSA) is 61.8 Å². The Balaban J connectivity index is 1.95. The number of nitrogens with one attached hydrogen (secondary N) is 1. The highest BCUT2D eigenvalue weighted by Crippen LogP contribution is 2.48. The molecule has 1 saturated heterocycles. The summed E-state index contributed by atoms with van der Waals surface area (Å²) >= 11 is 0. The van der Waals surface area contributed by atoms with Crippen molar-refractivity contribution in [3.63, 3.8) is 0 Å². The summed E-state index contributed by atoms with van der Waals surface area (Å²) in [6, 6.07) is 8.18. The SMILES string of the molecule is C[C@@H]1c2ccccc2C(C2CCNC(O)C2)N1C(=O)OC(C)(C)C. The Kier molecular flexibility index (Phi) is 4.58. The molecule has 2 N–H and O–H groups in total. The largest absolute Gasteiger partial charge is 0.444 e. The van der Waals surface area contributed by atoms with Crippen molar-refractivity contribution in [1.82, 2.24) is 10.2 Å². The smallest absolute Gasteiger partial charge is 0.411 e. The van der Waals surface area contributed by atoms with Crippen molar-refractivity contribution in [1.29, 1.82) is 0 Å². The van der Waals surface area contributed by atoms with Crippen molar-refractivity contribution in [2.75, 3.05) is 6.54 Å².